The van der Waals surface area contributed by atoms with Gasteiger partial charge in [-0.25, -0.2) is 9.78 Å². The van der Waals surface area contributed by atoms with E-state index in [0.717, 1.165) is 0 Å². The zero-order chi connectivity index (χ0) is 24.2. The molecule has 2 nitrogen and oxygen atoms in total. The fraction of sp³-hybridized carbons (Fsp3) is 1.00. The van der Waals surface area contributed by atoms with Crippen molar-refractivity contribution in [2.24, 2.45) is 0 Å². The maximum atomic E-state index is 6.60. The van der Waals surface area contributed by atoms with Crippen molar-refractivity contribution < 1.29 is 9.78 Å². The molecule has 0 amide bonds. The summed E-state index contributed by atoms with van der Waals surface area (Å²) in [6.45, 7) is 4.61. The molecule has 2 aliphatic carbocycles. The van der Waals surface area contributed by atoms with Crippen LogP contribution in [0.4, 0.5) is 0 Å². The number of hydrogen-bond acceptors (Lipinski definition) is 2. The van der Waals surface area contributed by atoms with E-state index in [1.807, 2.05) is 0 Å². The van der Waals surface area contributed by atoms with E-state index in [1.165, 1.54) is 180 Å². The summed E-state index contributed by atoms with van der Waals surface area (Å²) in [5.41, 5.74) is 0.0361. The average Bonchev–Trinajstić information content (AvgIpc) is 2.87. The van der Waals surface area contributed by atoms with Crippen LogP contribution >= 0.6 is 0 Å². The SMILES string of the molecule is CCCCCCCCCCC1(OOC2(CCCCCCCCCC)CCCCC2)CCCCC1. The Bertz CT molecular complexity index is 406. The van der Waals surface area contributed by atoms with Gasteiger partial charge in [0.2, 0.25) is 0 Å². The molecule has 0 N–H and O–H groups in total. The van der Waals surface area contributed by atoms with Crippen LogP contribution in [0.3, 0.4) is 0 Å². The van der Waals surface area contributed by atoms with E-state index < -0.39 is 0 Å². The Morgan fingerprint density at radius 3 is 1.00 bits per heavy atom. The van der Waals surface area contributed by atoms with E-state index in [9.17, 15) is 0 Å². The molecule has 0 atom stereocenters. The van der Waals surface area contributed by atoms with Gasteiger partial charge >= 0.3 is 0 Å². The monoisotopic (exact) mass is 478 g/mol. The van der Waals surface area contributed by atoms with Crippen LogP contribution in [0.25, 0.3) is 0 Å². The van der Waals surface area contributed by atoms with Gasteiger partial charge in [0.25, 0.3) is 0 Å². The lowest BCUT2D eigenvalue weighted by Gasteiger charge is -2.42. The number of unbranched alkanes of at least 4 members (excludes halogenated alkanes) is 14. The van der Waals surface area contributed by atoms with Gasteiger partial charge in [-0.1, -0.05) is 155 Å². The van der Waals surface area contributed by atoms with Crippen molar-refractivity contribution >= 4 is 0 Å². The standard InChI is InChI=1S/C32H62O2/c1-3-5-7-9-11-13-15-19-25-31(27-21-17-22-28-31)33-34-32(29-23-18-24-30-32)26-20-16-14-12-10-8-6-4-2/h3-30H2,1-2H3. The second kappa shape index (κ2) is 19.1. The molecule has 2 fully saturated rings. The minimum absolute atomic E-state index is 0.0180. The van der Waals surface area contributed by atoms with Gasteiger partial charge in [0.15, 0.2) is 0 Å². The first-order valence-corrected chi connectivity index (χ1v) is 16.1. The normalized spacial score (nSPS) is 19.9. The van der Waals surface area contributed by atoms with Crippen LogP contribution in [0.5, 0.6) is 0 Å². The molecular weight excluding hydrogens is 416 g/mol. The van der Waals surface area contributed by atoms with Crippen LogP contribution < -0.4 is 0 Å². The van der Waals surface area contributed by atoms with Crippen molar-refractivity contribution in [3.05, 3.63) is 0 Å². The molecule has 2 rings (SSSR count). The molecular formula is C32H62O2. The molecule has 0 aromatic heterocycles. The van der Waals surface area contributed by atoms with E-state index in [2.05, 4.69) is 13.8 Å². The van der Waals surface area contributed by atoms with Crippen molar-refractivity contribution in [3.63, 3.8) is 0 Å². The topological polar surface area (TPSA) is 18.5 Å². The smallest absolute Gasteiger partial charge is 0.104 e. The Labute approximate surface area is 214 Å². The molecule has 202 valence electrons. The summed E-state index contributed by atoms with van der Waals surface area (Å²) in [5, 5.41) is 0. The summed E-state index contributed by atoms with van der Waals surface area (Å²) >= 11 is 0. The third-order valence-corrected chi connectivity index (χ3v) is 8.90. The van der Waals surface area contributed by atoms with Crippen LogP contribution in [0.1, 0.15) is 194 Å². The molecule has 0 heterocycles. The number of rotatable bonds is 21. The Balaban J connectivity index is 1.73. The lowest BCUT2D eigenvalue weighted by molar-refractivity contribution is -0.425. The van der Waals surface area contributed by atoms with Gasteiger partial charge in [-0.05, 0) is 38.5 Å². The summed E-state index contributed by atoms with van der Waals surface area (Å²) in [7, 11) is 0. The molecule has 0 saturated heterocycles. The van der Waals surface area contributed by atoms with Gasteiger partial charge < -0.3 is 0 Å². The molecule has 2 aliphatic rings. The molecule has 0 aromatic carbocycles. The first-order chi connectivity index (χ1) is 16.7. The molecule has 0 spiro atoms. The summed E-state index contributed by atoms with van der Waals surface area (Å²) < 4.78 is 0. The fourth-order valence-electron chi connectivity index (χ4n) is 6.48. The zero-order valence-electron chi connectivity index (χ0n) is 23.6. The molecule has 0 aromatic rings. The van der Waals surface area contributed by atoms with Gasteiger partial charge in [-0.15, -0.1) is 0 Å². The third-order valence-electron chi connectivity index (χ3n) is 8.90. The van der Waals surface area contributed by atoms with Gasteiger partial charge in [0, 0.05) is 0 Å². The summed E-state index contributed by atoms with van der Waals surface area (Å²) in [6, 6.07) is 0. The zero-order valence-corrected chi connectivity index (χ0v) is 23.6. The first kappa shape index (κ1) is 30.1. The minimum Gasteiger partial charge on any atom is -0.229 e. The van der Waals surface area contributed by atoms with E-state index >= 15 is 0 Å². The summed E-state index contributed by atoms with van der Waals surface area (Å²) in [4.78, 5) is 13.2. The molecule has 2 saturated carbocycles. The maximum absolute atomic E-state index is 6.60. The minimum atomic E-state index is 0.0180. The molecule has 0 bridgehead atoms. The predicted molar refractivity (Wildman–Crippen MR) is 148 cm³/mol. The third kappa shape index (κ3) is 12.8. The fourth-order valence-corrected chi connectivity index (χ4v) is 6.48. The lowest BCUT2D eigenvalue weighted by atomic mass is 9.80. The highest BCUT2D eigenvalue weighted by Gasteiger charge is 2.40. The summed E-state index contributed by atoms with van der Waals surface area (Å²) in [5.74, 6) is 0. The highest BCUT2D eigenvalue weighted by atomic mass is 17.2. The molecule has 0 unspecified atom stereocenters. The first-order valence-electron chi connectivity index (χ1n) is 16.1. The molecule has 0 radical (unpaired) electrons. The van der Waals surface area contributed by atoms with Gasteiger partial charge in [-0.3, -0.25) is 0 Å². The van der Waals surface area contributed by atoms with Crippen molar-refractivity contribution in [3.8, 4) is 0 Å². The van der Waals surface area contributed by atoms with Crippen molar-refractivity contribution in [2.45, 2.75) is 205 Å². The van der Waals surface area contributed by atoms with Crippen LogP contribution in [0.2, 0.25) is 0 Å². The Kier molecular flexibility index (Phi) is 16.9. The van der Waals surface area contributed by atoms with E-state index in [-0.39, 0.29) is 11.2 Å². The van der Waals surface area contributed by atoms with Crippen LogP contribution in [0.15, 0.2) is 0 Å². The van der Waals surface area contributed by atoms with Crippen molar-refractivity contribution in [1.29, 1.82) is 0 Å². The van der Waals surface area contributed by atoms with Gasteiger partial charge in [0.05, 0.1) is 0 Å². The van der Waals surface area contributed by atoms with Gasteiger partial charge in [0.1, 0.15) is 11.2 Å². The van der Waals surface area contributed by atoms with Crippen molar-refractivity contribution in [2.75, 3.05) is 0 Å². The Hall–Kier alpha value is -0.0800. The van der Waals surface area contributed by atoms with Crippen LogP contribution in [-0.2, 0) is 9.78 Å². The maximum Gasteiger partial charge on any atom is 0.104 e. The van der Waals surface area contributed by atoms with Gasteiger partial charge in [-0.2, -0.15) is 0 Å². The van der Waals surface area contributed by atoms with Crippen molar-refractivity contribution in [1.82, 2.24) is 0 Å². The quantitative estimate of drug-likeness (QED) is 0.0927. The van der Waals surface area contributed by atoms with Crippen LogP contribution in [-0.4, -0.2) is 11.2 Å². The Morgan fingerprint density at radius 1 is 0.382 bits per heavy atom. The molecule has 34 heavy (non-hydrogen) atoms. The lowest BCUT2D eigenvalue weighted by Crippen LogP contribution is -2.42. The van der Waals surface area contributed by atoms with E-state index in [0.29, 0.717) is 0 Å². The number of hydrogen-bond donors (Lipinski definition) is 0. The molecule has 0 aliphatic heterocycles. The second-order valence-corrected chi connectivity index (χ2v) is 12.1. The Morgan fingerprint density at radius 2 is 0.676 bits per heavy atom. The van der Waals surface area contributed by atoms with E-state index in [4.69, 9.17) is 9.78 Å². The highest BCUT2D eigenvalue weighted by Crippen LogP contribution is 2.42. The van der Waals surface area contributed by atoms with E-state index in [1.54, 1.807) is 0 Å². The van der Waals surface area contributed by atoms with Crippen LogP contribution in [0, 0.1) is 0 Å². The highest BCUT2D eigenvalue weighted by molar-refractivity contribution is 4.86. The predicted octanol–water partition coefficient (Wildman–Crippen LogP) is 11.4. The summed E-state index contributed by atoms with van der Waals surface area (Å²) in [6.07, 6.45) is 37.7. The average molecular weight is 479 g/mol. The second-order valence-electron chi connectivity index (χ2n) is 12.1. The molecule has 2 heteroatoms. The largest absolute Gasteiger partial charge is 0.229 e.